The summed E-state index contributed by atoms with van der Waals surface area (Å²) in [4.78, 5) is 0. The molecule has 2 rings (SSSR count). The molecule has 1 aromatic rings. The van der Waals surface area contributed by atoms with Crippen LogP contribution in [0.15, 0.2) is 18.2 Å². The van der Waals surface area contributed by atoms with Gasteiger partial charge in [-0.1, -0.05) is 13.0 Å². The average Bonchev–Trinajstić information content (AvgIpc) is 2.94. The fraction of sp³-hybridized carbons (Fsp3) is 0.462. The zero-order valence-corrected chi connectivity index (χ0v) is 9.46. The number of benzene rings is 1. The molecule has 0 N–H and O–H groups in total. The molecule has 1 fully saturated rings. The molecule has 2 atom stereocenters. The van der Waals surface area contributed by atoms with Crippen molar-refractivity contribution in [3.8, 4) is 11.8 Å². The Morgan fingerprint density at radius 3 is 2.75 bits per heavy atom. The lowest BCUT2D eigenvalue weighted by Gasteiger charge is -2.10. The molecule has 0 heterocycles. The van der Waals surface area contributed by atoms with Gasteiger partial charge in [-0.05, 0) is 37.0 Å². The Balaban J connectivity index is 2.32. The fourth-order valence-corrected chi connectivity index (χ4v) is 2.10. The number of hydrogen-bond acceptors (Lipinski definition) is 2. The molecule has 16 heavy (non-hydrogen) atoms. The fourth-order valence-electron chi connectivity index (χ4n) is 2.10. The Bertz CT molecular complexity index is 452. The summed E-state index contributed by atoms with van der Waals surface area (Å²) in [6, 6.07) is 7.12. The normalized spacial score (nSPS) is 27.2. The zero-order chi connectivity index (χ0) is 11.8. The Morgan fingerprint density at radius 1 is 1.62 bits per heavy atom. The third-order valence-electron chi connectivity index (χ3n) is 3.26. The van der Waals surface area contributed by atoms with E-state index in [2.05, 4.69) is 6.07 Å². The van der Waals surface area contributed by atoms with E-state index in [0.717, 1.165) is 12.0 Å². The van der Waals surface area contributed by atoms with Gasteiger partial charge < -0.3 is 4.74 Å². The molecule has 1 aliphatic rings. The van der Waals surface area contributed by atoms with E-state index in [1.54, 1.807) is 12.1 Å². The second-order valence-corrected chi connectivity index (χ2v) is 4.27. The van der Waals surface area contributed by atoms with E-state index in [1.807, 2.05) is 13.8 Å². The van der Waals surface area contributed by atoms with Gasteiger partial charge in [-0.15, -0.1) is 0 Å². The van der Waals surface area contributed by atoms with E-state index in [-0.39, 0.29) is 11.6 Å². The van der Waals surface area contributed by atoms with Crippen molar-refractivity contribution in [2.75, 3.05) is 6.61 Å². The van der Waals surface area contributed by atoms with Crippen LogP contribution < -0.4 is 4.74 Å². The largest absolute Gasteiger partial charge is 0.491 e. The van der Waals surface area contributed by atoms with E-state index in [9.17, 15) is 4.39 Å². The minimum atomic E-state index is -0.467. The van der Waals surface area contributed by atoms with Crippen LogP contribution in [-0.4, -0.2) is 6.61 Å². The first kappa shape index (κ1) is 10.9. The van der Waals surface area contributed by atoms with Crippen LogP contribution in [0.2, 0.25) is 0 Å². The van der Waals surface area contributed by atoms with E-state index >= 15 is 0 Å². The molecular formula is C13H14FNO. The Hall–Kier alpha value is -1.56. The molecule has 1 aliphatic carbocycles. The molecule has 0 saturated heterocycles. The second-order valence-electron chi connectivity index (χ2n) is 4.27. The molecule has 1 aromatic carbocycles. The summed E-state index contributed by atoms with van der Waals surface area (Å²) < 4.78 is 18.8. The smallest absolute Gasteiger partial charge is 0.165 e. The number of nitrogens with zero attached hydrogens (tertiary/aromatic N) is 1. The predicted octanol–water partition coefficient (Wildman–Crippen LogP) is 3.03. The van der Waals surface area contributed by atoms with Gasteiger partial charge in [0.1, 0.15) is 0 Å². The first-order valence-corrected chi connectivity index (χ1v) is 5.48. The van der Waals surface area contributed by atoms with E-state index in [0.29, 0.717) is 12.5 Å². The molecular weight excluding hydrogens is 205 g/mol. The van der Waals surface area contributed by atoms with Gasteiger partial charge in [-0.2, -0.15) is 5.26 Å². The average molecular weight is 219 g/mol. The lowest BCUT2D eigenvalue weighted by atomic mass is 9.95. The quantitative estimate of drug-likeness (QED) is 0.782. The van der Waals surface area contributed by atoms with E-state index in [1.165, 1.54) is 6.07 Å². The molecule has 0 bridgehead atoms. The number of nitriles is 1. The van der Waals surface area contributed by atoms with E-state index in [4.69, 9.17) is 10.00 Å². The highest BCUT2D eigenvalue weighted by Crippen LogP contribution is 2.53. The summed E-state index contributed by atoms with van der Waals surface area (Å²) >= 11 is 0. The van der Waals surface area contributed by atoms with Crippen LogP contribution in [0.4, 0.5) is 4.39 Å². The topological polar surface area (TPSA) is 33.0 Å². The first-order chi connectivity index (χ1) is 7.64. The van der Waals surface area contributed by atoms with Gasteiger partial charge in [0.2, 0.25) is 0 Å². The standard InChI is InChI=1S/C13H14FNO/c1-3-16-12-5-4-10(6-11(12)14)13(8-15)7-9(13)2/h4-6,9H,3,7H2,1-2H3. The van der Waals surface area contributed by atoms with Crippen molar-refractivity contribution < 1.29 is 9.13 Å². The van der Waals surface area contributed by atoms with Gasteiger partial charge in [-0.3, -0.25) is 0 Å². The van der Waals surface area contributed by atoms with Crippen LogP contribution in [0.1, 0.15) is 25.8 Å². The van der Waals surface area contributed by atoms with Crippen LogP contribution in [0.5, 0.6) is 5.75 Å². The van der Waals surface area contributed by atoms with Crippen LogP contribution in [-0.2, 0) is 5.41 Å². The Morgan fingerprint density at radius 2 is 2.31 bits per heavy atom. The van der Waals surface area contributed by atoms with Crippen molar-refractivity contribution >= 4 is 0 Å². The minimum Gasteiger partial charge on any atom is -0.491 e. The Labute approximate surface area is 94.7 Å². The molecule has 0 aliphatic heterocycles. The highest BCUT2D eigenvalue weighted by molar-refractivity contribution is 5.43. The molecule has 0 radical (unpaired) electrons. The van der Waals surface area contributed by atoms with Gasteiger partial charge in [0, 0.05) is 0 Å². The maximum absolute atomic E-state index is 13.6. The molecule has 0 spiro atoms. The molecule has 2 unspecified atom stereocenters. The number of halogens is 1. The first-order valence-electron chi connectivity index (χ1n) is 5.48. The predicted molar refractivity (Wildman–Crippen MR) is 58.6 cm³/mol. The molecule has 84 valence electrons. The highest BCUT2D eigenvalue weighted by atomic mass is 19.1. The van der Waals surface area contributed by atoms with Crippen molar-refractivity contribution in [2.24, 2.45) is 5.92 Å². The summed E-state index contributed by atoms with van der Waals surface area (Å²) in [5.74, 6) is 0.190. The monoisotopic (exact) mass is 219 g/mol. The highest BCUT2D eigenvalue weighted by Gasteiger charge is 2.53. The zero-order valence-electron chi connectivity index (χ0n) is 9.46. The number of hydrogen-bond donors (Lipinski definition) is 0. The maximum atomic E-state index is 13.6. The van der Waals surface area contributed by atoms with Crippen LogP contribution in [0, 0.1) is 23.1 Å². The van der Waals surface area contributed by atoms with Crippen molar-refractivity contribution in [1.82, 2.24) is 0 Å². The molecule has 3 heteroatoms. The van der Waals surface area contributed by atoms with Gasteiger partial charge in [0.05, 0.1) is 18.1 Å². The third kappa shape index (κ3) is 1.55. The summed E-state index contributed by atoms with van der Waals surface area (Å²) in [7, 11) is 0. The molecule has 0 amide bonds. The number of rotatable bonds is 3. The van der Waals surface area contributed by atoms with Crippen molar-refractivity contribution in [1.29, 1.82) is 5.26 Å². The molecule has 2 nitrogen and oxygen atoms in total. The van der Waals surface area contributed by atoms with Crippen molar-refractivity contribution in [2.45, 2.75) is 25.7 Å². The van der Waals surface area contributed by atoms with Gasteiger partial charge in [-0.25, -0.2) is 4.39 Å². The third-order valence-corrected chi connectivity index (χ3v) is 3.26. The van der Waals surface area contributed by atoms with Gasteiger partial charge in [0.25, 0.3) is 0 Å². The summed E-state index contributed by atoms with van der Waals surface area (Å²) in [5.41, 5.74) is 0.300. The van der Waals surface area contributed by atoms with E-state index < -0.39 is 5.41 Å². The summed E-state index contributed by atoms with van der Waals surface area (Å²) in [6.07, 6.45) is 0.816. The number of ether oxygens (including phenoxy) is 1. The maximum Gasteiger partial charge on any atom is 0.165 e. The second kappa shape index (κ2) is 3.79. The lowest BCUT2D eigenvalue weighted by molar-refractivity contribution is 0.321. The molecule has 1 saturated carbocycles. The van der Waals surface area contributed by atoms with Crippen molar-refractivity contribution in [3.63, 3.8) is 0 Å². The summed E-state index contributed by atoms with van der Waals surface area (Å²) in [6.45, 7) is 4.26. The SMILES string of the molecule is CCOc1ccc(C2(C#N)CC2C)cc1F. The van der Waals surface area contributed by atoms with Crippen LogP contribution in [0.3, 0.4) is 0 Å². The van der Waals surface area contributed by atoms with Crippen LogP contribution >= 0.6 is 0 Å². The van der Waals surface area contributed by atoms with Crippen molar-refractivity contribution in [3.05, 3.63) is 29.6 Å². The van der Waals surface area contributed by atoms with Gasteiger partial charge >= 0.3 is 0 Å². The van der Waals surface area contributed by atoms with Gasteiger partial charge in [0.15, 0.2) is 11.6 Å². The lowest BCUT2D eigenvalue weighted by Crippen LogP contribution is -2.07. The summed E-state index contributed by atoms with van der Waals surface area (Å²) in [5, 5.41) is 9.14. The van der Waals surface area contributed by atoms with Crippen LogP contribution in [0.25, 0.3) is 0 Å². The minimum absolute atomic E-state index is 0.257. The molecule has 0 aromatic heterocycles. The Kier molecular flexibility index (Phi) is 2.59.